The van der Waals surface area contributed by atoms with Crippen LogP contribution in [0.3, 0.4) is 0 Å². The van der Waals surface area contributed by atoms with Crippen LogP contribution in [0.2, 0.25) is 0 Å². The normalized spacial score (nSPS) is 10.9. The Balaban J connectivity index is 1.44. The van der Waals surface area contributed by atoms with E-state index in [1.807, 2.05) is 30.3 Å². The molecule has 0 saturated heterocycles. The molecule has 0 aliphatic carbocycles. The predicted molar refractivity (Wildman–Crippen MR) is 121 cm³/mol. The zero-order valence-corrected chi connectivity index (χ0v) is 17.3. The molecular formula is C25H24N2OS. The van der Waals surface area contributed by atoms with Gasteiger partial charge in [-0.3, -0.25) is 4.79 Å². The largest absolute Gasteiger partial charge is 0.351 e. The molecular weight excluding hydrogens is 376 g/mol. The molecule has 3 aromatic carbocycles. The zero-order chi connectivity index (χ0) is 20.1. The Morgan fingerprint density at radius 2 is 1.62 bits per heavy atom. The average molecular weight is 401 g/mol. The maximum Gasteiger partial charge on any atom is 0.230 e. The van der Waals surface area contributed by atoms with Gasteiger partial charge < -0.3 is 9.88 Å². The number of thioether (sulfide) groups is 1. The summed E-state index contributed by atoms with van der Waals surface area (Å²) in [5, 5.41) is 4.20. The van der Waals surface area contributed by atoms with Crippen LogP contribution in [0.1, 0.15) is 16.7 Å². The highest BCUT2D eigenvalue weighted by Crippen LogP contribution is 2.30. The van der Waals surface area contributed by atoms with Crippen LogP contribution in [-0.2, 0) is 17.9 Å². The minimum atomic E-state index is 0.0502. The molecule has 0 spiro atoms. The Kier molecular flexibility index (Phi) is 6.01. The molecule has 0 aliphatic rings. The fourth-order valence-electron chi connectivity index (χ4n) is 3.34. The number of carbonyl (C=O) groups is 1. The molecule has 0 unspecified atom stereocenters. The number of aromatic nitrogens is 1. The topological polar surface area (TPSA) is 34.0 Å². The Hall–Kier alpha value is -2.98. The Bertz CT molecular complexity index is 1100. The number of rotatable bonds is 7. The minimum absolute atomic E-state index is 0.0502. The molecule has 3 nitrogen and oxygen atoms in total. The van der Waals surface area contributed by atoms with Gasteiger partial charge in [0, 0.05) is 35.1 Å². The maximum absolute atomic E-state index is 12.3. The standard InChI is InChI=1S/C25H24N2OS/c1-19-11-13-21(14-12-19)16-27-17-24(22-9-5-6-10-23(22)27)29-18-25(28)26-15-20-7-3-2-4-8-20/h2-14,17H,15-16,18H2,1H3,(H,26,28). The lowest BCUT2D eigenvalue weighted by molar-refractivity contribution is -0.118. The lowest BCUT2D eigenvalue weighted by Crippen LogP contribution is -2.24. The smallest absolute Gasteiger partial charge is 0.230 e. The van der Waals surface area contributed by atoms with E-state index in [-0.39, 0.29) is 5.91 Å². The van der Waals surface area contributed by atoms with Crippen LogP contribution in [0.25, 0.3) is 10.9 Å². The highest BCUT2D eigenvalue weighted by Gasteiger charge is 2.11. The number of para-hydroxylation sites is 1. The van der Waals surface area contributed by atoms with Gasteiger partial charge in [0.2, 0.25) is 5.91 Å². The first kappa shape index (κ1) is 19.3. The second-order valence-electron chi connectivity index (χ2n) is 7.18. The van der Waals surface area contributed by atoms with Gasteiger partial charge in [0.05, 0.1) is 5.75 Å². The Morgan fingerprint density at radius 1 is 0.897 bits per heavy atom. The van der Waals surface area contributed by atoms with Crippen molar-refractivity contribution in [1.29, 1.82) is 0 Å². The van der Waals surface area contributed by atoms with Crippen molar-refractivity contribution < 1.29 is 4.79 Å². The highest BCUT2D eigenvalue weighted by molar-refractivity contribution is 8.00. The molecule has 146 valence electrons. The molecule has 0 aliphatic heterocycles. The van der Waals surface area contributed by atoms with Crippen molar-refractivity contribution in [2.24, 2.45) is 0 Å². The van der Waals surface area contributed by atoms with E-state index in [0.717, 1.165) is 17.0 Å². The number of benzene rings is 3. The monoisotopic (exact) mass is 400 g/mol. The molecule has 0 fully saturated rings. The van der Waals surface area contributed by atoms with E-state index in [9.17, 15) is 4.79 Å². The van der Waals surface area contributed by atoms with Gasteiger partial charge >= 0.3 is 0 Å². The molecule has 4 aromatic rings. The summed E-state index contributed by atoms with van der Waals surface area (Å²) in [5.74, 6) is 0.458. The summed E-state index contributed by atoms with van der Waals surface area (Å²) in [4.78, 5) is 13.5. The van der Waals surface area contributed by atoms with Crippen LogP contribution >= 0.6 is 11.8 Å². The molecule has 1 heterocycles. The van der Waals surface area contributed by atoms with Crippen LogP contribution in [-0.4, -0.2) is 16.2 Å². The molecule has 0 saturated carbocycles. The molecule has 1 amide bonds. The van der Waals surface area contributed by atoms with E-state index >= 15 is 0 Å². The van der Waals surface area contributed by atoms with Crippen LogP contribution in [0.5, 0.6) is 0 Å². The number of aryl methyl sites for hydroxylation is 1. The quantitative estimate of drug-likeness (QED) is 0.421. The summed E-state index contributed by atoms with van der Waals surface area (Å²) in [6, 6.07) is 27.0. The Labute approximate surface area is 175 Å². The highest BCUT2D eigenvalue weighted by atomic mass is 32.2. The number of hydrogen-bond acceptors (Lipinski definition) is 2. The van der Waals surface area contributed by atoms with E-state index < -0.39 is 0 Å². The first-order chi connectivity index (χ1) is 14.2. The van der Waals surface area contributed by atoms with Gasteiger partial charge in [-0.05, 0) is 24.1 Å². The molecule has 1 N–H and O–H groups in total. The van der Waals surface area contributed by atoms with Gasteiger partial charge in [-0.15, -0.1) is 11.8 Å². The van der Waals surface area contributed by atoms with Crippen molar-refractivity contribution >= 4 is 28.6 Å². The van der Waals surface area contributed by atoms with Crippen LogP contribution in [0, 0.1) is 6.92 Å². The van der Waals surface area contributed by atoms with Gasteiger partial charge in [-0.25, -0.2) is 0 Å². The van der Waals surface area contributed by atoms with Crippen molar-refractivity contribution in [2.45, 2.75) is 24.9 Å². The van der Waals surface area contributed by atoms with Crippen molar-refractivity contribution in [3.8, 4) is 0 Å². The molecule has 0 atom stereocenters. The Morgan fingerprint density at radius 3 is 2.41 bits per heavy atom. The second-order valence-corrected chi connectivity index (χ2v) is 8.19. The minimum Gasteiger partial charge on any atom is -0.351 e. The van der Waals surface area contributed by atoms with Gasteiger partial charge in [-0.1, -0.05) is 78.4 Å². The molecule has 1 aromatic heterocycles. The summed E-state index contributed by atoms with van der Waals surface area (Å²) in [6.07, 6.45) is 2.17. The number of amides is 1. The van der Waals surface area contributed by atoms with Gasteiger partial charge in [0.1, 0.15) is 0 Å². The van der Waals surface area contributed by atoms with Crippen molar-refractivity contribution in [1.82, 2.24) is 9.88 Å². The lowest BCUT2D eigenvalue weighted by atomic mass is 10.1. The summed E-state index contributed by atoms with van der Waals surface area (Å²) < 4.78 is 2.27. The number of hydrogen-bond donors (Lipinski definition) is 1. The predicted octanol–water partition coefficient (Wildman–Crippen LogP) is 5.41. The number of nitrogens with zero attached hydrogens (tertiary/aromatic N) is 1. The average Bonchev–Trinajstić information content (AvgIpc) is 3.11. The third-order valence-electron chi connectivity index (χ3n) is 4.92. The van der Waals surface area contributed by atoms with E-state index in [4.69, 9.17) is 0 Å². The molecule has 0 bridgehead atoms. The third-order valence-corrected chi connectivity index (χ3v) is 5.96. The van der Waals surface area contributed by atoms with Crippen LogP contribution < -0.4 is 5.32 Å². The number of carbonyl (C=O) groups excluding carboxylic acids is 1. The van der Waals surface area contributed by atoms with Crippen molar-refractivity contribution in [2.75, 3.05) is 5.75 Å². The van der Waals surface area contributed by atoms with E-state index in [1.165, 1.54) is 22.0 Å². The molecule has 29 heavy (non-hydrogen) atoms. The van der Waals surface area contributed by atoms with Gasteiger partial charge in [0.15, 0.2) is 0 Å². The maximum atomic E-state index is 12.3. The number of nitrogens with one attached hydrogen (secondary N) is 1. The van der Waals surface area contributed by atoms with Crippen LogP contribution in [0.4, 0.5) is 0 Å². The van der Waals surface area contributed by atoms with Gasteiger partial charge in [0.25, 0.3) is 0 Å². The zero-order valence-electron chi connectivity index (χ0n) is 16.5. The third kappa shape index (κ3) is 4.90. The summed E-state index contributed by atoms with van der Waals surface area (Å²) in [5.41, 5.74) is 4.85. The summed E-state index contributed by atoms with van der Waals surface area (Å²) in [6.45, 7) is 3.49. The SMILES string of the molecule is Cc1ccc(Cn2cc(SCC(=O)NCc3ccccc3)c3ccccc32)cc1. The molecule has 4 rings (SSSR count). The lowest BCUT2D eigenvalue weighted by Gasteiger charge is -2.06. The first-order valence-corrected chi connectivity index (χ1v) is 10.7. The van der Waals surface area contributed by atoms with Crippen molar-refractivity contribution in [3.05, 3.63) is 102 Å². The second kappa shape index (κ2) is 9.01. The van der Waals surface area contributed by atoms with E-state index in [2.05, 4.69) is 71.5 Å². The van der Waals surface area contributed by atoms with Crippen LogP contribution in [0.15, 0.2) is 90.0 Å². The fourth-order valence-corrected chi connectivity index (χ4v) is 4.26. The molecule has 0 radical (unpaired) electrons. The summed E-state index contributed by atoms with van der Waals surface area (Å²) >= 11 is 1.59. The molecule has 4 heteroatoms. The fraction of sp³-hybridized carbons (Fsp3) is 0.160. The number of fused-ring (bicyclic) bond motifs is 1. The first-order valence-electron chi connectivity index (χ1n) is 9.76. The van der Waals surface area contributed by atoms with Gasteiger partial charge in [-0.2, -0.15) is 0 Å². The van der Waals surface area contributed by atoms with Crippen molar-refractivity contribution in [3.63, 3.8) is 0 Å². The van der Waals surface area contributed by atoms with E-state index in [1.54, 1.807) is 11.8 Å². The summed E-state index contributed by atoms with van der Waals surface area (Å²) in [7, 11) is 0. The van der Waals surface area contributed by atoms with E-state index in [0.29, 0.717) is 12.3 Å².